The van der Waals surface area contributed by atoms with Gasteiger partial charge in [-0.05, 0) is 62.4 Å². The molecular formula is C23H35IN4O2S. The number of methoxy groups -OCH3 is 2. The number of ether oxygens (including phenoxy) is 2. The number of aliphatic imine (C=N–C) groups is 1. The van der Waals surface area contributed by atoms with Gasteiger partial charge in [0.05, 0.1) is 20.8 Å². The Labute approximate surface area is 207 Å². The van der Waals surface area contributed by atoms with Gasteiger partial charge in [0, 0.05) is 36.1 Å². The van der Waals surface area contributed by atoms with E-state index in [-0.39, 0.29) is 24.0 Å². The monoisotopic (exact) mass is 558 g/mol. The molecule has 1 aliphatic heterocycles. The fourth-order valence-electron chi connectivity index (χ4n) is 3.70. The lowest BCUT2D eigenvalue weighted by atomic mass is 9.97. The van der Waals surface area contributed by atoms with Gasteiger partial charge in [0.1, 0.15) is 11.5 Å². The summed E-state index contributed by atoms with van der Waals surface area (Å²) in [7, 11) is 3.34. The zero-order valence-corrected chi connectivity index (χ0v) is 21.9. The van der Waals surface area contributed by atoms with Gasteiger partial charge in [0.25, 0.3) is 0 Å². The number of nitrogens with zero attached hydrogens (tertiary/aromatic N) is 2. The van der Waals surface area contributed by atoms with Crippen molar-refractivity contribution >= 4 is 41.3 Å². The van der Waals surface area contributed by atoms with Crippen molar-refractivity contribution in [3.63, 3.8) is 0 Å². The van der Waals surface area contributed by atoms with Crippen LogP contribution in [0.3, 0.4) is 0 Å². The summed E-state index contributed by atoms with van der Waals surface area (Å²) in [5.74, 6) is 3.13. The van der Waals surface area contributed by atoms with Gasteiger partial charge in [-0.1, -0.05) is 6.07 Å². The Morgan fingerprint density at radius 2 is 1.97 bits per heavy atom. The molecule has 0 unspecified atom stereocenters. The van der Waals surface area contributed by atoms with Crippen LogP contribution in [0, 0.1) is 5.92 Å². The highest BCUT2D eigenvalue weighted by Crippen LogP contribution is 2.25. The molecule has 2 N–H and O–H groups in total. The molecule has 31 heavy (non-hydrogen) atoms. The molecule has 6 nitrogen and oxygen atoms in total. The quantitative estimate of drug-likeness (QED) is 0.272. The van der Waals surface area contributed by atoms with Crippen LogP contribution in [0.5, 0.6) is 11.5 Å². The molecule has 2 aromatic rings. The van der Waals surface area contributed by atoms with Gasteiger partial charge in [-0.2, -0.15) is 0 Å². The average molecular weight is 559 g/mol. The summed E-state index contributed by atoms with van der Waals surface area (Å²) in [6.45, 7) is 7.87. The average Bonchev–Trinajstić information content (AvgIpc) is 3.29. The summed E-state index contributed by atoms with van der Waals surface area (Å²) in [6, 6.07) is 10.2. The molecular weight excluding hydrogens is 523 g/mol. The Hall–Kier alpha value is -1.52. The zero-order chi connectivity index (χ0) is 21.2. The number of rotatable bonds is 9. The topological polar surface area (TPSA) is 58.1 Å². The lowest BCUT2D eigenvalue weighted by Crippen LogP contribution is -2.42. The summed E-state index contributed by atoms with van der Waals surface area (Å²) >= 11 is 1.85. The van der Waals surface area contributed by atoms with Crippen LogP contribution in [-0.4, -0.2) is 51.3 Å². The first-order valence-corrected chi connectivity index (χ1v) is 11.6. The molecule has 0 radical (unpaired) electrons. The van der Waals surface area contributed by atoms with E-state index >= 15 is 0 Å². The molecule has 0 spiro atoms. The molecule has 0 saturated carbocycles. The van der Waals surface area contributed by atoms with E-state index in [0.29, 0.717) is 12.5 Å². The van der Waals surface area contributed by atoms with Gasteiger partial charge in [-0.25, -0.2) is 4.99 Å². The first-order chi connectivity index (χ1) is 14.7. The van der Waals surface area contributed by atoms with E-state index in [1.54, 1.807) is 14.2 Å². The molecule has 3 rings (SSSR count). The molecule has 1 aromatic carbocycles. The first-order valence-electron chi connectivity index (χ1n) is 10.7. The highest BCUT2D eigenvalue weighted by atomic mass is 127. The van der Waals surface area contributed by atoms with Crippen LogP contribution in [0.2, 0.25) is 0 Å². The third-order valence-corrected chi connectivity index (χ3v) is 6.33. The van der Waals surface area contributed by atoms with E-state index in [1.807, 2.05) is 29.5 Å². The van der Waals surface area contributed by atoms with Crippen molar-refractivity contribution in [3.05, 3.63) is 46.2 Å². The molecule has 2 heterocycles. The van der Waals surface area contributed by atoms with Crippen molar-refractivity contribution in [3.8, 4) is 11.5 Å². The third kappa shape index (κ3) is 8.16. The molecule has 172 valence electrons. The second-order valence-corrected chi connectivity index (χ2v) is 8.58. The zero-order valence-electron chi connectivity index (χ0n) is 18.7. The molecule has 0 aliphatic carbocycles. The summed E-state index contributed by atoms with van der Waals surface area (Å²) in [5, 5.41) is 9.06. The maximum absolute atomic E-state index is 5.49. The standard InChI is InChI=1S/C23H34N4O2S.HI/c1-4-24-23(26-16-19-7-8-20(28-2)14-22(19)29-3)25-15-18-9-11-27(12-10-18)17-21-6-5-13-30-21;/h5-8,13-14,18H,4,9-12,15-17H2,1-3H3,(H2,24,25,26);1H. The van der Waals surface area contributed by atoms with Gasteiger partial charge in [0.15, 0.2) is 5.96 Å². The number of halogens is 1. The van der Waals surface area contributed by atoms with Crippen LogP contribution in [0.4, 0.5) is 0 Å². The third-order valence-electron chi connectivity index (χ3n) is 5.47. The van der Waals surface area contributed by atoms with Gasteiger partial charge >= 0.3 is 0 Å². The van der Waals surface area contributed by atoms with Crippen LogP contribution in [-0.2, 0) is 13.1 Å². The van der Waals surface area contributed by atoms with Crippen molar-refractivity contribution in [2.75, 3.05) is 40.4 Å². The summed E-state index contributed by atoms with van der Waals surface area (Å²) in [5.41, 5.74) is 1.04. The minimum atomic E-state index is 0. The Kier molecular flexibility index (Phi) is 11.5. The van der Waals surface area contributed by atoms with Crippen molar-refractivity contribution in [1.29, 1.82) is 0 Å². The number of likely N-dealkylation sites (tertiary alicyclic amines) is 1. The number of hydrogen-bond acceptors (Lipinski definition) is 5. The van der Waals surface area contributed by atoms with Crippen molar-refractivity contribution in [2.45, 2.75) is 32.9 Å². The van der Waals surface area contributed by atoms with Crippen molar-refractivity contribution < 1.29 is 9.47 Å². The van der Waals surface area contributed by atoms with E-state index in [9.17, 15) is 0 Å². The number of hydrogen-bond donors (Lipinski definition) is 2. The smallest absolute Gasteiger partial charge is 0.191 e. The minimum Gasteiger partial charge on any atom is -0.497 e. The Morgan fingerprint density at radius 3 is 2.61 bits per heavy atom. The number of thiophene rings is 1. The van der Waals surface area contributed by atoms with Crippen LogP contribution in [0.15, 0.2) is 40.7 Å². The minimum absolute atomic E-state index is 0. The van der Waals surface area contributed by atoms with E-state index in [0.717, 1.165) is 42.7 Å². The molecule has 8 heteroatoms. The molecule has 0 bridgehead atoms. The molecule has 0 atom stereocenters. The van der Waals surface area contributed by atoms with Crippen LogP contribution < -0.4 is 20.1 Å². The van der Waals surface area contributed by atoms with Crippen LogP contribution in [0.25, 0.3) is 0 Å². The van der Waals surface area contributed by atoms with Gasteiger partial charge in [-0.3, -0.25) is 4.90 Å². The number of piperidine rings is 1. The Balaban J connectivity index is 0.00000341. The van der Waals surface area contributed by atoms with E-state index in [1.165, 1.54) is 30.8 Å². The lowest BCUT2D eigenvalue weighted by molar-refractivity contribution is 0.179. The second-order valence-electron chi connectivity index (χ2n) is 7.55. The van der Waals surface area contributed by atoms with Gasteiger partial charge in [-0.15, -0.1) is 35.3 Å². The second kappa shape index (κ2) is 13.8. The van der Waals surface area contributed by atoms with Crippen molar-refractivity contribution in [2.24, 2.45) is 10.9 Å². The van der Waals surface area contributed by atoms with Gasteiger partial charge in [0.2, 0.25) is 0 Å². The highest BCUT2D eigenvalue weighted by molar-refractivity contribution is 14.0. The van der Waals surface area contributed by atoms with Crippen LogP contribution in [0.1, 0.15) is 30.2 Å². The Bertz CT molecular complexity index is 793. The molecule has 1 aromatic heterocycles. The SMILES string of the molecule is CCNC(=NCc1ccc(OC)cc1OC)NCC1CCN(Cc2cccs2)CC1.I. The first kappa shape index (κ1) is 25.7. The lowest BCUT2D eigenvalue weighted by Gasteiger charge is -2.32. The molecule has 1 saturated heterocycles. The van der Waals surface area contributed by atoms with Crippen LogP contribution >= 0.6 is 35.3 Å². The summed E-state index contributed by atoms with van der Waals surface area (Å²) in [6.07, 6.45) is 2.45. The number of guanidine groups is 1. The fraction of sp³-hybridized carbons (Fsp3) is 0.522. The van der Waals surface area contributed by atoms with E-state index < -0.39 is 0 Å². The number of benzene rings is 1. The largest absolute Gasteiger partial charge is 0.497 e. The highest BCUT2D eigenvalue weighted by Gasteiger charge is 2.19. The Morgan fingerprint density at radius 1 is 1.16 bits per heavy atom. The maximum Gasteiger partial charge on any atom is 0.191 e. The molecule has 0 amide bonds. The van der Waals surface area contributed by atoms with Gasteiger partial charge < -0.3 is 20.1 Å². The summed E-state index contributed by atoms with van der Waals surface area (Å²) < 4.78 is 10.8. The molecule has 1 fully saturated rings. The number of nitrogens with one attached hydrogen (secondary N) is 2. The maximum atomic E-state index is 5.49. The normalized spacial score (nSPS) is 15.3. The van der Waals surface area contributed by atoms with Crippen molar-refractivity contribution in [1.82, 2.24) is 15.5 Å². The fourth-order valence-corrected chi connectivity index (χ4v) is 4.45. The van der Waals surface area contributed by atoms with E-state index in [4.69, 9.17) is 14.5 Å². The van der Waals surface area contributed by atoms with E-state index in [2.05, 4.69) is 40.0 Å². The summed E-state index contributed by atoms with van der Waals surface area (Å²) in [4.78, 5) is 8.79. The molecule has 1 aliphatic rings. The predicted molar refractivity (Wildman–Crippen MR) is 140 cm³/mol. The predicted octanol–water partition coefficient (Wildman–Crippen LogP) is 4.35.